The van der Waals surface area contributed by atoms with Crippen LogP contribution in [0.3, 0.4) is 0 Å². The predicted molar refractivity (Wildman–Crippen MR) is 84.1 cm³/mol. The number of nitrogens with one attached hydrogen (secondary N) is 1. The maximum atomic E-state index is 4.49. The normalized spacial score (nSPS) is 12.9. The lowest BCUT2D eigenvalue weighted by atomic mass is 10.1. The molecule has 0 bridgehead atoms. The van der Waals surface area contributed by atoms with Crippen molar-refractivity contribution in [2.45, 2.75) is 19.4 Å². The summed E-state index contributed by atoms with van der Waals surface area (Å²) >= 11 is 3.57. The number of aromatic nitrogens is 1. The first-order valence-corrected chi connectivity index (χ1v) is 8.18. The van der Waals surface area contributed by atoms with E-state index in [1.807, 2.05) is 17.5 Å². The smallest absolute Gasteiger partial charge is 0.0809 e. The average Bonchev–Trinajstić information content (AvgIpc) is 3.08. The van der Waals surface area contributed by atoms with Crippen molar-refractivity contribution < 1.29 is 0 Å². The van der Waals surface area contributed by atoms with Gasteiger partial charge in [0.2, 0.25) is 0 Å². The zero-order chi connectivity index (χ0) is 13.1. The SMILES string of the molecule is CC(NCCc1cccs1)c1cnc2ccsc2c1. The van der Waals surface area contributed by atoms with Gasteiger partial charge >= 0.3 is 0 Å². The van der Waals surface area contributed by atoms with Crippen LogP contribution in [0, 0.1) is 0 Å². The molecule has 0 aliphatic heterocycles. The summed E-state index contributed by atoms with van der Waals surface area (Å²) in [5, 5.41) is 7.79. The molecule has 0 saturated heterocycles. The summed E-state index contributed by atoms with van der Waals surface area (Å²) in [4.78, 5) is 5.93. The third-order valence-corrected chi connectivity index (χ3v) is 5.02. The van der Waals surface area contributed by atoms with Crippen LogP contribution >= 0.6 is 22.7 Å². The second kappa shape index (κ2) is 5.82. The lowest BCUT2D eigenvalue weighted by molar-refractivity contribution is 0.578. The maximum Gasteiger partial charge on any atom is 0.0809 e. The van der Waals surface area contributed by atoms with Gasteiger partial charge in [0.05, 0.1) is 10.2 Å². The summed E-state index contributed by atoms with van der Waals surface area (Å²) in [5.41, 5.74) is 2.36. The van der Waals surface area contributed by atoms with Crippen molar-refractivity contribution in [3.63, 3.8) is 0 Å². The highest BCUT2D eigenvalue weighted by atomic mass is 32.1. The Labute approximate surface area is 121 Å². The first kappa shape index (κ1) is 12.8. The molecule has 0 aliphatic rings. The van der Waals surface area contributed by atoms with Gasteiger partial charge in [-0.3, -0.25) is 4.98 Å². The Bertz CT molecular complexity index is 643. The molecule has 0 aromatic carbocycles. The molecule has 4 heteroatoms. The molecule has 3 rings (SSSR count). The second-order valence-electron chi connectivity index (χ2n) is 4.58. The van der Waals surface area contributed by atoms with Crippen LogP contribution in [0.5, 0.6) is 0 Å². The van der Waals surface area contributed by atoms with Gasteiger partial charge in [-0.1, -0.05) is 6.07 Å². The number of hydrogen-bond acceptors (Lipinski definition) is 4. The van der Waals surface area contributed by atoms with Crippen molar-refractivity contribution >= 4 is 32.9 Å². The van der Waals surface area contributed by atoms with E-state index in [0.29, 0.717) is 6.04 Å². The minimum Gasteiger partial charge on any atom is -0.310 e. The molecule has 3 aromatic rings. The Balaban J connectivity index is 1.61. The van der Waals surface area contributed by atoms with E-state index in [4.69, 9.17) is 0 Å². The van der Waals surface area contributed by atoms with Gasteiger partial charge in [-0.05, 0) is 47.9 Å². The maximum absolute atomic E-state index is 4.49. The van der Waals surface area contributed by atoms with Gasteiger partial charge in [0.1, 0.15) is 0 Å². The first-order chi connectivity index (χ1) is 9.33. The number of rotatable bonds is 5. The summed E-state index contributed by atoms with van der Waals surface area (Å²) < 4.78 is 1.27. The Hall–Kier alpha value is -1.23. The van der Waals surface area contributed by atoms with Crippen molar-refractivity contribution in [1.82, 2.24) is 10.3 Å². The molecule has 1 atom stereocenters. The van der Waals surface area contributed by atoms with Crippen LogP contribution < -0.4 is 5.32 Å². The number of hydrogen-bond donors (Lipinski definition) is 1. The van der Waals surface area contributed by atoms with Crippen molar-refractivity contribution in [2.24, 2.45) is 0 Å². The molecule has 0 radical (unpaired) electrons. The monoisotopic (exact) mass is 288 g/mol. The fourth-order valence-corrected chi connectivity index (χ4v) is 3.58. The highest BCUT2D eigenvalue weighted by molar-refractivity contribution is 7.17. The lowest BCUT2D eigenvalue weighted by Crippen LogP contribution is -2.21. The van der Waals surface area contributed by atoms with Gasteiger partial charge in [-0.25, -0.2) is 0 Å². The van der Waals surface area contributed by atoms with E-state index in [-0.39, 0.29) is 0 Å². The Morgan fingerprint density at radius 3 is 3.05 bits per heavy atom. The Kier molecular flexibility index (Phi) is 3.92. The number of fused-ring (bicyclic) bond motifs is 1. The van der Waals surface area contributed by atoms with Crippen molar-refractivity contribution in [2.75, 3.05) is 6.54 Å². The summed E-state index contributed by atoms with van der Waals surface area (Å²) in [5.74, 6) is 0. The molecule has 3 aromatic heterocycles. The van der Waals surface area contributed by atoms with Gasteiger partial charge in [0.25, 0.3) is 0 Å². The number of pyridine rings is 1. The fourth-order valence-electron chi connectivity index (χ4n) is 2.08. The van der Waals surface area contributed by atoms with E-state index in [0.717, 1.165) is 18.5 Å². The van der Waals surface area contributed by atoms with Crippen molar-refractivity contribution in [3.8, 4) is 0 Å². The molecule has 2 nitrogen and oxygen atoms in total. The quantitative estimate of drug-likeness (QED) is 0.759. The summed E-state index contributed by atoms with van der Waals surface area (Å²) in [6.07, 6.45) is 3.08. The van der Waals surface area contributed by atoms with Crippen LogP contribution in [0.1, 0.15) is 23.4 Å². The summed E-state index contributed by atoms with van der Waals surface area (Å²) in [6, 6.07) is 8.96. The van der Waals surface area contributed by atoms with Crippen LogP contribution in [0.2, 0.25) is 0 Å². The highest BCUT2D eigenvalue weighted by Gasteiger charge is 2.07. The first-order valence-electron chi connectivity index (χ1n) is 6.42. The van der Waals surface area contributed by atoms with Crippen LogP contribution in [0.4, 0.5) is 0 Å². The molecule has 19 heavy (non-hydrogen) atoms. The molecule has 1 unspecified atom stereocenters. The average molecular weight is 288 g/mol. The third kappa shape index (κ3) is 3.03. The zero-order valence-electron chi connectivity index (χ0n) is 10.8. The Morgan fingerprint density at radius 2 is 2.21 bits per heavy atom. The zero-order valence-corrected chi connectivity index (χ0v) is 12.4. The molecular formula is C15H16N2S2. The van der Waals surface area contributed by atoms with Crippen LogP contribution in [0.25, 0.3) is 10.2 Å². The van der Waals surface area contributed by atoms with Gasteiger partial charge in [-0.2, -0.15) is 0 Å². The molecule has 0 spiro atoms. The van der Waals surface area contributed by atoms with E-state index < -0.39 is 0 Å². The van der Waals surface area contributed by atoms with E-state index >= 15 is 0 Å². The summed E-state index contributed by atoms with van der Waals surface area (Å²) in [7, 11) is 0. The minimum absolute atomic E-state index is 0.346. The van der Waals surface area contributed by atoms with Crippen LogP contribution in [-0.4, -0.2) is 11.5 Å². The van der Waals surface area contributed by atoms with E-state index in [2.05, 4.69) is 52.3 Å². The molecule has 0 amide bonds. The van der Waals surface area contributed by atoms with Crippen molar-refractivity contribution in [3.05, 3.63) is 51.7 Å². The second-order valence-corrected chi connectivity index (χ2v) is 6.56. The summed E-state index contributed by atoms with van der Waals surface area (Å²) in [6.45, 7) is 3.20. The standard InChI is InChI=1S/C15H16N2S2/c1-11(16-6-4-13-3-2-7-18-13)12-9-15-14(17-10-12)5-8-19-15/h2-3,5,7-11,16H,4,6H2,1H3. The minimum atomic E-state index is 0.346. The molecule has 3 heterocycles. The van der Waals surface area contributed by atoms with Gasteiger partial charge in [0, 0.05) is 23.7 Å². The third-order valence-electron chi connectivity index (χ3n) is 3.23. The van der Waals surface area contributed by atoms with Gasteiger partial charge in [-0.15, -0.1) is 22.7 Å². The fraction of sp³-hybridized carbons (Fsp3) is 0.267. The lowest BCUT2D eigenvalue weighted by Gasteiger charge is -2.13. The van der Waals surface area contributed by atoms with E-state index in [1.165, 1.54) is 15.1 Å². The number of nitrogens with zero attached hydrogens (tertiary/aromatic N) is 1. The van der Waals surface area contributed by atoms with Crippen molar-refractivity contribution in [1.29, 1.82) is 0 Å². The van der Waals surface area contributed by atoms with Crippen LogP contribution in [0.15, 0.2) is 41.2 Å². The van der Waals surface area contributed by atoms with E-state index in [9.17, 15) is 0 Å². The van der Waals surface area contributed by atoms with Gasteiger partial charge in [0.15, 0.2) is 0 Å². The van der Waals surface area contributed by atoms with Crippen LogP contribution in [-0.2, 0) is 6.42 Å². The highest BCUT2D eigenvalue weighted by Crippen LogP contribution is 2.22. The molecule has 0 fully saturated rings. The predicted octanol–water partition coefficient (Wildman–Crippen LogP) is 4.25. The largest absolute Gasteiger partial charge is 0.310 e. The molecule has 0 aliphatic carbocycles. The molecule has 1 N–H and O–H groups in total. The molecular weight excluding hydrogens is 272 g/mol. The topological polar surface area (TPSA) is 24.9 Å². The molecule has 98 valence electrons. The van der Waals surface area contributed by atoms with E-state index in [1.54, 1.807) is 11.3 Å². The Morgan fingerprint density at radius 1 is 1.26 bits per heavy atom. The number of thiophene rings is 2. The van der Waals surface area contributed by atoms with Gasteiger partial charge < -0.3 is 5.32 Å². The molecule has 0 saturated carbocycles.